The molecule has 0 saturated carbocycles. The summed E-state index contributed by atoms with van der Waals surface area (Å²) >= 11 is 0. The number of carbonyl (C=O) groups excluding carboxylic acids is 2. The highest BCUT2D eigenvalue weighted by Gasteiger charge is 2.59. The zero-order valence-electron chi connectivity index (χ0n) is 16.0. The molecule has 1 fully saturated rings. The van der Waals surface area contributed by atoms with E-state index in [2.05, 4.69) is 0 Å². The van der Waals surface area contributed by atoms with E-state index in [1.54, 1.807) is 13.8 Å². The predicted octanol–water partition coefficient (Wildman–Crippen LogP) is 1.24. The SMILES string of the molecule is CO[C@]1(C)OC(=O)[C@H]([C@@H](O)[C@H](C)C[C@H](C)COC(C)=O)O[C@@]1(C)OC. The van der Waals surface area contributed by atoms with Crippen LogP contribution in [0.3, 0.4) is 0 Å². The van der Waals surface area contributed by atoms with Gasteiger partial charge in [0.25, 0.3) is 5.79 Å². The molecule has 8 nitrogen and oxygen atoms in total. The highest BCUT2D eigenvalue weighted by Crippen LogP contribution is 2.38. The fourth-order valence-corrected chi connectivity index (χ4v) is 2.81. The second kappa shape index (κ2) is 8.44. The van der Waals surface area contributed by atoms with Gasteiger partial charge in [0, 0.05) is 28.1 Å². The lowest BCUT2D eigenvalue weighted by Crippen LogP contribution is -2.66. The molecule has 0 aliphatic carbocycles. The molecule has 0 aromatic rings. The van der Waals surface area contributed by atoms with Crippen LogP contribution >= 0.6 is 0 Å². The normalized spacial score (nSPS) is 33.3. The molecule has 1 aliphatic rings. The van der Waals surface area contributed by atoms with Gasteiger partial charge in [-0.15, -0.1) is 0 Å². The number of ether oxygens (including phenoxy) is 5. The van der Waals surface area contributed by atoms with Crippen molar-refractivity contribution in [2.24, 2.45) is 11.8 Å². The Bertz CT molecular complexity index is 481. The molecule has 0 amide bonds. The largest absolute Gasteiger partial charge is 0.466 e. The first-order chi connectivity index (χ1) is 11.5. The van der Waals surface area contributed by atoms with Gasteiger partial charge in [0.2, 0.25) is 5.79 Å². The lowest BCUT2D eigenvalue weighted by molar-refractivity contribution is -0.411. The van der Waals surface area contributed by atoms with E-state index in [4.69, 9.17) is 23.7 Å². The number of carbonyl (C=O) groups is 2. The molecule has 0 aromatic heterocycles. The monoisotopic (exact) mass is 362 g/mol. The first-order valence-corrected chi connectivity index (χ1v) is 8.32. The van der Waals surface area contributed by atoms with E-state index in [0.717, 1.165) is 0 Å². The number of esters is 2. The Kier molecular flexibility index (Phi) is 7.37. The summed E-state index contributed by atoms with van der Waals surface area (Å²) in [7, 11) is 2.79. The molecule has 146 valence electrons. The lowest BCUT2D eigenvalue weighted by Gasteiger charge is -2.48. The highest BCUT2D eigenvalue weighted by molar-refractivity contribution is 5.76. The Labute approximate surface area is 148 Å². The quantitative estimate of drug-likeness (QED) is 0.644. The van der Waals surface area contributed by atoms with Crippen molar-refractivity contribution in [1.82, 2.24) is 0 Å². The number of cyclic esters (lactones) is 1. The number of methoxy groups -OCH3 is 2. The summed E-state index contributed by atoms with van der Waals surface area (Å²) in [5, 5.41) is 10.6. The number of hydrogen-bond donors (Lipinski definition) is 1. The Morgan fingerprint density at radius 1 is 1.24 bits per heavy atom. The molecule has 0 radical (unpaired) electrons. The molecule has 0 bridgehead atoms. The average molecular weight is 362 g/mol. The van der Waals surface area contributed by atoms with Crippen LogP contribution in [0, 0.1) is 11.8 Å². The average Bonchev–Trinajstić information content (AvgIpc) is 2.55. The third kappa shape index (κ3) is 4.91. The van der Waals surface area contributed by atoms with Gasteiger partial charge in [-0.25, -0.2) is 4.79 Å². The molecule has 1 saturated heterocycles. The first-order valence-electron chi connectivity index (χ1n) is 8.32. The number of aliphatic hydroxyl groups excluding tert-OH is 1. The van der Waals surface area contributed by atoms with Gasteiger partial charge in [-0.1, -0.05) is 13.8 Å². The molecule has 1 rings (SSSR count). The molecular weight excluding hydrogens is 332 g/mol. The van der Waals surface area contributed by atoms with Crippen LogP contribution in [0.15, 0.2) is 0 Å². The Balaban J connectivity index is 2.78. The standard InChI is InChI=1S/C17H30O8/c1-10(9-23-12(3)18)8-11(2)13(19)14-15(20)25-17(5,22-7)16(4,21-6)24-14/h10-11,13-14,19H,8-9H2,1-7H3/t10-,11+,13-,14-,16+,17+/m0/s1. The van der Waals surface area contributed by atoms with Crippen molar-refractivity contribution in [1.29, 1.82) is 0 Å². The van der Waals surface area contributed by atoms with Gasteiger partial charge in [-0.05, 0) is 25.2 Å². The lowest BCUT2D eigenvalue weighted by atomic mass is 9.89. The van der Waals surface area contributed by atoms with Crippen molar-refractivity contribution >= 4 is 11.9 Å². The number of rotatable bonds is 8. The predicted molar refractivity (Wildman–Crippen MR) is 87.4 cm³/mol. The minimum atomic E-state index is -1.43. The second-order valence-electron chi connectivity index (χ2n) is 6.87. The summed E-state index contributed by atoms with van der Waals surface area (Å²) in [4.78, 5) is 23.2. The second-order valence-corrected chi connectivity index (χ2v) is 6.87. The fraction of sp³-hybridized carbons (Fsp3) is 0.882. The maximum absolute atomic E-state index is 12.3. The zero-order chi connectivity index (χ0) is 19.4. The van der Waals surface area contributed by atoms with Gasteiger partial charge >= 0.3 is 11.9 Å². The molecule has 1 N–H and O–H groups in total. The molecule has 1 heterocycles. The molecule has 0 aromatic carbocycles. The van der Waals surface area contributed by atoms with Gasteiger partial charge in [0.15, 0.2) is 6.10 Å². The van der Waals surface area contributed by atoms with Crippen molar-refractivity contribution in [3.8, 4) is 0 Å². The number of hydrogen-bond acceptors (Lipinski definition) is 8. The van der Waals surface area contributed by atoms with Crippen LogP contribution in [0.4, 0.5) is 0 Å². The summed E-state index contributed by atoms with van der Waals surface area (Å²) in [6.45, 7) is 8.39. The molecule has 8 heteroatoms. The van der Waals surface area contributed by atoms with Gasteiger partial charge < -0.3 is 28.8 Å². The smallest absolute Gasteiger partial charge is 0.340 e. The molecule has 1 aliphatic heterocycles. The van der Waals surface area contributed by atoms with E-state index >= 15 is 0 Å². The summed E-state index contributed by atoms with van der Waals surface area (Å²) in [5.41, 5.74) is 0. The first kappa shape index (κ1) is 21.8. The summed E-state index contributed by atoms with van der Waals surface area (Å²) in [6.07, 6.45) is -1.78. The summed E-state index contributed by atoms with van der Waals surface area (Å²) < 4.78 is 26.7. The molecule has 0 unspecified atom stereocenters. The minimum Gasteiger partial charge on any atom is -0.466 e. The van der Waals surface area contributed by atoms with Crippen LogP contribution in [-0.2, 0) is 33.3 Å². The molecular formula is C17H30O8. The van der Waals surface area contributed by atoms with Crippen molar-refractivity contribution in [2.45, 2.75) is 64.8 Å². The van der Waals surface area contributed by atoms with Crippen LogP contribution in [0.5, 0.6) is 0 Å². The zero-order valence-corrected chi connectivity index (χ0v) is 16.0. The Hall–Kier alpha value is -1.22. The van der Waals surface area contributed by atoms with Gasteiger partial charge in [-0.3, -0.25) is 4.79 Å². The van der Waals surface area contributed by atoms with Crippen LogP contribution in [-0.4, -0.2) is 61.7 Å². The summed E-state index contributed by atoms with van der Waals surface area (Å²) in [6, 6.07) is 0. The van der Waals surface area contributed by atoms with Crippen LogP contribution in [0.2, 0.25) is 0 Å². The summed E-state index contributed by atoms with van der Waals surface area (Å²) in [5.74, 6) is -4.15. The van der Waals surface area contributed by atoms with E-state index in [1.165, 1.54) is 28.1 Å². The highest BCUT2D eigenvalue weighted by atomic mass is 16.8. The fourth-order valence-electron chi connectivity index (χ4n) is 2.81. The molecule has 25 heavy (non-hydrogen) atoms. The van der Waals surface area contributed by atoms with Crippen LogP contribution in [0.25, 0.3) is 0 Å². The van der Waals surface area contributed by atoms with Crippen molar-refractivity contribution in [2.75, 3.05) is 20.8 Å². The molecule has 0 spiro atoms. The van der Waals surface area contributed by atoms with Gasteiger partial charge in [0.1, 0.15) is 0 Å². The minimum absolute atomic E-state index is 0.0196. The van der Waals surface area contributed by atoms with Crippen molar-refractivity contribution in [3.05, 3.63) is 0 Å². The maximum atomic E-state index is 12.3. The van der Waals surface area contributed by atoms with E-state index in [9.17, 15) is 14.7 Å². The maximum Gasteiger partial charge on any atom is 0.340 e. The third-order valence-electron chi connectivity index (χ3n) is 4.72. The van der Waals surface area contributed by atoms with Crippen molar-refractivity contribution < 1.29 is 38.4 Å². The Morgan fingerprint density at radius 2 is 1.80 bits per heavy atom. The number of aliphatic hydroxyl groups is 1. The van der Waals surface area contributed by atoms with Gasteiger partial charge in [-0.2, -0.15) is 0 Å². The Morgan fingerprint density at radius 3 is 2.28 bits per heavy atom. The van der Waals surface area contributed by atoms with E-state index < -0.39 is 29.8 Å². The third-order valence-corrected chi connectivity index (χ3v) is 4.72. The van der Waals surface area contributed by atoms with E-state index in [0.29, 0.717) is 6.42 Å². The van der Waals surface area contributed by atoms with E-state index in [-0.39, 0.29) is 24.4 Å². The van der Waals surface area contributed by atoms with Crippen LogP contribution < -0.4 is 0 Å². The van der Waals surface area contributed by atoms with Crippen molar-refractivity contribution in [3.63, 3.8) is 0 Å². The topological polar surface area (TPSA) is 101 Å². The van der Waals surface area contributed by atoms with Gasteiger partial charge in [0.05, 0.1) is 12.7 Å². The van der Waals surface area contributed by atoms with E-state index in [1.807, 2.05) is 6.92 Å². The molecule has 6 atom stereocenters. The van der Waals surface area contributed by atoms with Crippen LogP contribution in [0.1, 0.15) is 41.0 Å².